The summed E-state index contributed by atoms with van der Waals surface area (Å²) in [5, 5.41) is 0. The van der Waals surface area contributed by atoms with Crippen LogP contribution < -0.4 is 0 Å². The van der Waals surface area contributed by atoms with Crippen molar-refractivity contribution < 1.29 is 0 Å². The van der Waals surface area contributed by atoms with Gasteiger partial charge in [0.2, 0.25) is 0 Å². The van der Waals surface area contributed by atoms with Gasteiger partial charge in [0.15, 0.2) is 0 Å². The van der Waals surface area contributed by atoms with Crippen LogP contribution in [0.2, 0.25) is 0 Å². The molecule has 0 rings (SSSR count). The Morgan fingerprint density at radius 2 is 1.50 bits per heavy atom. The summed E-state index contributed by atoms with van der Waals surface area (Å²) in [7, 11) is 3.95. The van der Waals surface area contributed by atoms with Gasteiger partial charge in [0.25, 0.3) is 0 Å². The topological polar surface area (TPSA) is 3.24 Å². The van der Waals surface area contributed by atoms with E-state index in [1.54, 1.807) is 0 Å². The van der Waals surface area contributed by atoms with Crippen LogP contribution in [0.1, 0.15) is 6.92 Å². The van der Waals surface area contributed by atoms with Crippen LogP contribution in [-0.2, 0) is 0 Å². The third kappa shape index (κ3) is 3.29. The van der Waals surface area contributed by atoms with Gasteiger partial charge in [-0.15, -0.1) is 35.6 Å². The van der Waals surface area contributed by atoms with Gasteiger partial charge in [-0.2, -0.15) is 0 Å². The molecule has 0 aliphatic carbocycles. The van der Waals surface area contributed by atoms with E-state index in [2.05, 4.69) is 0 Å². The molecule has 0 fully saturated rings. The Bertz CT molecular complexity index is 81.1. The number of hydrogen-bond acceptors (Lipinski definition) is 1. The van der Waals surface area contributed by atoms with Crippen molar-refractivity contribution in [2.45, 2.75) is 12.5 Å². The largest absolute Gasteiger partial charge is 0.302 e. The fourth-order valence-electron chi connectivity index (χ4n) is 0.275. The number of halogens is 3. The van der Waals surface area contributed by atoms with Crippen molar-refractivity contribution in [2.24, 2.45) is 0 Å². The highest BCUT2D eigenvalue weighted by molar-refractivity contribution is 6.21. The lowest BCUT2D eigenvalue weighted by molar-refractivity contribution is 0.226. The van der Waals surface area contributed by atoms with Crippen molar-refractivity contribution >= 4 is 35.6 Å². The lowest BCUT2D eigenvalue weighted by Gasteiger charge is -2.32. The predicted octanol–water partition coefficient (Wildman–Crippen LogP) is 2.21. The zero-order chi connectivity index (χ0) is 7.49. The van der Waals surface area contributed by atoms with Crippen molar-refractivity contribution in [1.82, 2.24) is 4.90 Å². The molecule has 0 unspecified atom stereocenters. The van der Waals surface area contributed by atoms with E-state index in [4.69, 9.17) is 23.2 Å². The zero-order valence-electron chi connectivity index (χ0n) is 6.53. The molecule has 0 aromatic heterocycles. The lowest BCUT2D eigenvalue weighted by atomic mass is 10.1. The maximum absolute atomic E-state index is 5.68. The summed E-state index contributed by atoms with van der Waals surface area (Å²) < 4.78 is 0. The standard InChI is InChI=1S/C6H13Cl2N.ClH/c1-6(4-7,5-8)9(2)3;/h4-5H2,1-3H3;1H. The Hall–Kier alpha value is 0.830. The van der Waals surface area contributed by atoms with E-state index >= 15 is 0 Å². The quantitative estimate of drug-likeness (QED) is 0.640. The van der Waals surface area contributed by atoms with Crippen LogP contribution in [0.25, 0.3) is 0 Å². The second-order valence-electron chi connectivity index (χ2n) is 2.66. The maximum atomic E-state index is 5.68. The van der Waals surface area contributed by atoms with E-state index in [9.17, 15) is 0 Å². The molecule has 64 valence electrons. The summed E-state index contributed by atoms with van der Waals surface area (Å²) in [4.78, 5) is 2.03. The molecule has 10 heavy (non-hydrogen) atoms. The Labute approximate surface area is 79.1 Å². The van der Waals surface area contributed by atoms with Gasteiger partial charge in [0, 0.05) is 17.3 Å². The minimum Gasteiger partial charge on any atom is -0.302 e. The molecule has 4 heteroatoms. The highest BCUT2D eigenvalue weighted by Gasteiger charge is 2.23. The van der Waals surface area contributed by atoms with Crippen LogP contribution in [0, 0.1) is 0 Å². The number of rotatable bonds is 3. The van der Waals surface area contributed by atoms with Gasteiger partial charge in [0.1, 0.15) is 0 Å². The second kappa shape index (κ2) is 5.48. The predicted molar refractivity (Wildman–Crippen MR) is 50.8 cm³/mol. The Kier molecular flexibility index (Phi) is 7.35. The highest BCUT2D eigenvalue weighted by atomic mass is 35.5. The second-order valence-corrected chi connectivity index (χ2v) is 3.19. The van der Waals surface area contributed by atoms with Crippen LogP contribution in [0.3, 0.4) is 0 Å². The summed E-state index contributed by atoms with van der Waals surface area (Å²) >= 11 is 11.4. The molecule has 0 saturated heterocycles. The normalized spacial score (nSPS) is 11.4. The zero-order valence-corrected chi connectivity index (χ0v) is 8.85. The molecule has 0 radical (unpaired) electrons. The van der Waals surface area contributed by atoms with Crippen LogP contribution in [0.4, 0.5) is 0 Å². The van der Waals surface area contributed by atoms with Crippen LogP contribution in [-0.4, -0.2) is 36.3 Å². The fourth-order valence-corrected chi connectivity index (χ4v) is 1.04. The van der Waals surface area contributed by atoms with Crippen LogP contribution >= 0.6 is 35.6 Å². The third-order valence-corrected chi connectivity index (χ3v) is 2.81. The summed E-state index contributed by atoms with van der Waals surface area (Å²) in [5.41, 5.74) is -0.0525. The van der Waals surface area contributed by atoms with E-state index in [1.165, 1.54) is 0 Å². The molecule has 0 bridgehead atoms. The number of alkyl halides is 2. The summed E-state index contributed by atoms with van der Waals surface area (Å²) in [6.45, 7) is 2.03. The average Bonchev–Trinajstić information content (AvgIpc) is 1.86. The molecule has 0 aromatic rings. The van der Waals surface area contributed by atoms with Gasteiger partial charge in [-0.25, -0.2) is 0 Å². The molecule has 0 aliphatic rings. The van der Waals surface area contributed by atoms with Gasteiger partial charge in [-0.1, -0.05) is 0 Å². The van der Waals surface area contributed by atoms with Gasteiger partial charge in [0.05, 0.1) is 0 Å². The third-order valence-electron chi connectivity index (χ3n) is 1.66. The first-order valence-electron chi connectivity index (χ1n) is 2.86. The molecule has 0 saturated carbocycles. The van der Waals surface area contributed by atoms with E-state index in [0.717, 1.165) is 0 Å². The first kappa shape index (κ1) is 13.4. The summed E-state index contributed by atoms with van der Waals surface area (Å²) in [5.74, 6) is 1.15. The SMILES string of the molecule is CN(C)C(C)(CCl)CCl.Cl. The Morgan fingerprint density at radius 3 is 1.50 bits per heavy atom. The minimum atomic E-state index is -0.0525. The van der Waals surface area contributed by atoms with E-state index in [-0.39, 0.29) is 17.9 Å². The smallest absolute Gasteiger partial charge is 0.0445 e. The summed E-state index contributed by atoms with van der Waals surface area (Å²) in [6.07, 6.45) is 0. The highest BCUT2D eigenvalue weighted by Crippen LogP contribution is 2.14. The van der Waals surface area contributed by atoms with E-state index in [1.807, 2.05) is 25.9 Å². The molecule has 0 aliphatic heterocycles. The van der Waals surface area contributed by atoms with Crippen molar-refractivity contribution in [3.8, 4) is 0 Å². The Balaban J connectivity index is 0. The lowest BCUT2D eigenvalue weighted by Crippen LogP contribution is -2.44. The number of hydrogen-bond donors (Lipinski definition) is 0. The Morgan fingerprint density at radius 1 is 1.20 bits per heavy atom. The maximum Gasteiger partial charge on any atom is 0.0445 e. The minimum absolute atomic E-state index is 0. The number of nitrogens with zero attached hydrogens (tertiary/aromatic N) is 1. The van der Waals surface area contributed by atoms with E-state index in [0.29, 0.717) is 11.8 Å². The first-order valence-corrected chi connectivity index (χ1v) is 3.93. The van der Waals surface area contributed by atoms with Crippen molar-refractivity contribution in [3.05, 3.63) is 0 Å². The summed E-state index contributed by atoms with van der Waals surface area (Å²) in [6, 6.07) is 0. The molecule has 0 N–H and O–H groups in total. The molecular formula is C6H14Cl3N. The van der Waals surface area contributed by atoms with Gasteiger partial charge in [-0.3, -0.25) is 0 Å². The van der Waals surface area contributed by atoms with E-state index < -0.39 is 0 Å². The monoisotopic (exact) mass is 205 g/mol. The molecule has 1 nitrogen and oxygen atoms in total. The average molecular weight is 207 g/mol. The molecule has 0 aromatic carbocycles. The van der Waals surface area contributed by atoms with Crippen LogP contribution in [0.5, 0.6) is 0 Å². The molecule has 0 atom stereocenters. The molecule has 0 spiro atoms. The van der Waals surface area contributed by atoms with Crippen molar-refractivity contribution in [3.63, 3.8) is 0 Å². The molecule has 0 heterocycles. The fraction of sp³-hybridized carbons (Fsp3) is 1.00. The molecular weight excluding hydrogens is 192 g/mol. The van der Waals surface area contributed by atoms with Crippen LogP contribution in [0.15, 0.2) is 0 Å². The van der Waals surface area contributed by atoms with Gasteiger partial charge in [-0.05, 0) is 21.0 Å². The first-order chi connectivity index (χ1) is 4.06. The van der Waals surface area contributed by atoms with Crippen molar-refractivity contribution in [2.75, 3.05) is 25.9 Å². The van der Waals surface area contributed by atoms with Gasteiger partial charge >= 0.3 is 0 Å². The van der Waals surface area contributed by atoms with Gasteiger partial charge < -0.3 is 4.90 Å². The molecule has 0 amide bonds. The van der Waals surface area contributed by atoms with Crippen molar-refractivity contribution in [1.29, 1.82) is 0 Å².